The minimum Gasteiger partial charge on any atom is -0.457 e. The highest BCUT2D eigenvalue weighted by Gasteiger charge is 2.36. The highest BCUT2D eigenvalue weighted by Crippen LogP contribution is 2.34. The van der Waals surface area contributed by atoms with Gasteiger partial charge in [-0.25, -0.2) is 9.50 Å². The van der Waals surface area contributed by atoms with Crippen molar-refractivity contribution in [3.05, 3.63) is 85.3 Å². The lowest BCUT2D eigenvalue weighted by Crippen LogP contribution is -2.16. The van der Waals surface area contributed by atoms with Crippen molar-refractivity contribution in [3.8, 4) is 11.5 Å². The second kappa shape index (κ2) is 9.28. The molecule has 0 aliphatic rings. The van der Waals surface area contributed by atoms with Gasteiger partial charge in [-0.05, 0) is 43.7 Å². The second-order valence-corrected chi connectivity index (χ2v) is 8.40. The lowest BCUT2D eigenvalue weighted by molar-refractivity contribution is -0.384. The molecule has 1 N–H and O–H groups in total. The fraction of sp³-hybridized carbons (Fsp3) is 0.136. The summed E-state index contributed by atoms with van der Waals surface area (Å²) in [6, 6.07) is 9.00. The number of fused-ring (bicyclic) bond motifs is 1. The van der Waals surface area contributed by atoms with Crippen LogP contribution in [0.15, 0.2) is 42.5 Å². The van der Waals surface area contributed by atoms with Gasteiger partial charge in [0.2, 0.25) is 0 Å². The topological polar surface area (TPSA) is 112 Å². The Morgan fingerprint density at radius 1 is 1.11 bits per heavy atom. The molecule has 4 aromatic rings. The number of benzene rings is 2. The molecule has 0 spiro atoms. The van der Waals surface area contributed by atoms with Crippen molar-refractivity contribution in [1.82, 2.24) is 14.6 Å². The second-order valence-electron chi connectivity index (χ2n) is 7.62. The normalized spacial score (nSPS) is 11.5. The van der Waals surface area contributed by atoms with Gasteiger partial charge < -0.3 is 10.1 Å². The number of nitrogens with zero attached hydrogens (tertiary/aromatic N) is 4. The van der Waals surface area contributed by atoms with E-state index < -0.39 is 39.1 Å². The van der Waals surface area contributed by atoms with Crippen LogP contribution in [0.3, 0.4) is 0 Å². The van der Waals surface area contributed by atoms with Crippen LogP contribution >= 0.6 is 23.2 Å². The zero-order chi connectivity index (χ0) is 26.4. The molecular weight excluding hydrogens is 526 g/mol. The standard InChI is InChI=1S/C22H14Cl2F3N5O4/c1-10-5-14(3-4-16(10)23)36-15-8-12(7-13(9-15)32(34)35)29-21(33)19-18(24)20-28-11(2)6-17(22(25,26)27)31(20)30-19/h3-9H,1-2H3,(H,29,33). The molecule has 1 amide bonds. The third-order valence-electron chi connectivity index (χ3n) is 4.89. The number of nitro benzene ring substituents is 1. The number of aromatic nitrogens is 3. The number of rotatable bonds is 5. The molecule has 0 fully saturated rings. The lowest BCUT2D eigenvalue weighted by atomic mass is 10.2. The zero-order valence-corrected chi connectivity index (χ0v) is 19.9. The van der Waals surface area contributed by atoms with Gasteiger partial charge in [0.15, 0.2) is 11.3 Å². The van der Waals surface area contributed by atoms with Crippen LogP contribution in [0.2, 0.25) is 10.0 Å². The average Bonchev–Trinajstić information content (AvgIpc) is 3.11. The highest BCUT2D eigenvalue weighted by atomic mass is 35.5. The van der Waals surface area contributed by atoms with Crippen LogP contribution in [-0.4, -0.2) is 25.4 Å². The monoisotopic (exact) mass is 539 g/mol. The number of alkyl halides is 3. The number of nitrogens with one attached hydrogen (secondary N) is 1. The van der Waals surface area contributed by atoms with E-state index in [1.165, 1.54) is 13.0 Å². The Labute approximate surface area is 210 Å². The predicted octanol–water partition coefficient (Wildman–Crippen LogP) is 6.62. The Kier molecular flexibility index (Phi) is 6.50. The SMILES string of the molecule is Cc1cc(C(F)(F)F)n2nc(C(=O)Nc3cc(Oc4ccc(Cl)c(C)c4)cc([N+](=O)[O-])c3)c(Cl)c2n1. The van der Waals surface area contributed by atoms with E-state index in [1.807, 2.05) is 0 Å². The number of nitro groups is 1. The lowest BCUT2D eigenvalue weighted by Gasteiger charge is -2.10. The Morgan fingerprint density at radius 2 is 1.83 bits per heavy atom. The van der Waals surface area contributed by atoms with E-state index in [4.69, 9.17) is 27.9 Å². The first kappa shape index (κ1) is 25.2. The van der Waals surface area contributed by atoms with Gasteiger partial charge in [0.25, 0.3) is 11.6 Å². The Bertz CT molecular complexity index is 1540. The zero-order valence-electron chi connectivity index (χ0n) is 18.4. The van der Waals surface area contributed by atoms with Crippen LogP contribution in [0.1, 0.15) is 27.4 Å². The molecule has 2 aromatic heterocycles. The molecule has 2 heterocycles. The molecule has 0 aliphatic heterocycles. The number of hydrogen-bond acceptors (Lipinski definition) is 6. The molecule has 0 radical (unpaired) electrons. The summed E-state index contributed by atoms with van der Waals surface area (Å²) in [6.07, 6.45) is -4.79. The molecule has 0 saturated carbocycles. The predicted molar refractivity (Wildman–Crippen MR) is 125 cm³/mol. The highest BCUT2D eigenvalue weighted by molar-refractivity contribution is 6.37. The van der Waals surface area contributed by atoms with Crippen LogP contribution in [-0.2, 0) is 6.18 Å². The first-order valence-corrected chi connectivity index (χ1v) is 10.8. The van der Waals surface area contributed by atoms with Gasteiger partial charge in [-0.2, -0.15) is 18.3 Å². The van der Waals surface area contributed by atoms with Crippen molar-refractivity contribution in [3.63, 3.8) is 0 Å². The maximum atomic E-state index is 13.5. The van der Waals surface area contributed by atoms with Gasteiger partial charge in [-0.1, -0.05) is 23.2 Å². The fourth-order valence-electron chi connectivity index (χ4n) is 3.29. The fourth-order valence-corrected chi connectivity index (χ4v) is 3.65. The number of carbonyl (C=O) groups excluding carboxylic acids is 1. The molecule has 14 heteroatoms. The molecule has 36 heavy (non-hydrogen) atoms. The third-order valence-corrected chi connectivity index (χ3v) is 5.66. The van der Waals surface area contributed by atoms with Crippen molar-refractivity contribution in [2.75, 3.05) is 5.32 Å². The number of amides is 1. The summed E-state index contributed by atoms with van der Waals surface area (Å²) in [7, 11) is 0. The number of aryl methyl sites for hydroxylation is 2. The van der Waals surface area contributed by atoms with Gasteiger partial charge in [0.05, 0.1) is 16.7 Å². The quantitative estimate of drug-likeness (QED) is 0.225. The van der Waals surface area contributed by atoms with Crippen molar-refractivity contribution < 1.29 is 27.6 Å². The van der Waals surface area contributed by atoms with E-state index in [-0.39, 0.29) is 22.8 Å². The molecule has 0 atom stereocenters. The summed E-state index contributed by atoms with van der Waals surface area (Å²) in [5.74, 6) is -0.664. The van der Waals surface area contributed by atoms with Gasteiger partial charge in [0.1, 0.15) is 22.2 Å². The number of hydrogen-bond donors (Lipinski definition) is 1. The minimum atomic E-state index is -4.79. The smallest absolute Gasteiger partial charge is 0.433 e. The molecule has 0 bridgehead atoms. The molecule has 186 valence electrons. The average molecular weight is 540 g/mol. The first-order chi connectivity index (χ1) is 16.8. The molecular formula is C22H14Cl2F3N5O4. The summed E-state index contributed by atoms with van der Waals surface area (Å²) in [5, 5.41) is 17.6. The number of anilines is 1. The summed E-state index contributed by atoms with van der Waals surface area (Å²) >= 11 is 12.1. The largest absolute Gasteiger partial charge is 0.457 e. The summed E-state index contributed by atoms with van der Waals surface area (Å²) < 4.78 is 46.5. The number of carbonyl (C=O) groups is 1. The molecule has 9 nitrogen and oxygen atoms in total. The summed E-state index contributed by atoms with van der Waals surface area (Å²) in [4.78, 5) is 27.5. The van der Waals surface area contributed by atoms with Gasteiger partial charge in [-0.15, -0.1) is 0 Å². The summed E-state index contributed by atoms with van der Waals surface area (Å²) in [6.45, 7) is 3.08. The van der Waals surface area contributed by atoms with E-state index in [2.05, 4.69) is 15.4 Å². The van der Waals surface area contributed by atoms with Gasteiger partial charge in [0, 0.05) is 22.8 Å². The van der Waals surface area contributed by atoms with Crippen molar-refractivity contribution in [2.24, 2.45) is 0 Å². The molecule has 0 unspecified atom stereocenters. The Hall–Kier alpha value is -3.90. The van der Waals surface area contributed by atoms with Crippen LogP contribution in [0.25, 0.3) is 5.65 Å². The number of halogens is 5. The Morgan fingerprint density at radius 3 is 2.47 bits per heavy atom. The van der Waals surface area contributed by atoms with Crippen LogP contribution < -0.4 is 10.1 Å². The molecule has 2 aromatic carbocycles. The summed E-state index contributed by atoms with van der Waals surface area (Å²) in [5.41, 5.74) is -1.86. The maximum absolute atomic E-state index is 13.5. The molecule has 4 rings (SSSR count). The van der Waals surface area contributed by atoms with Crippen molar-refractivity contribution >= 4 is 46.1 Å². The van der Waals surface area contributed by atoms with Crippen LogP contribution in [0.4, 0.5) is 24.5 Å². The van der Waals surface area contributed by atoms with Crippen molar-refractivity contribution in [2.45, 2.75) is 20.0 Å². The van der Waals surface area contributed by atoms with E-state index in [1.54, 1.807) is 25.1 Å². The van der Waals surface area contributed by atoms with Crippen LogP contribution in [0.5, 0.6) is 11.5 Å². The molecule has 0 saturated heterocycles. The van der Waals surface area contributed by atoms with E-state index in [0.717, 1.165) is 18.2 Å². The minimum absolute atomic E-state index is 0.0129. The van der Waals surface area contributed by atoms with E-state index in [0.29, 0.717) is 20.9 Å². The maximum Gasteiger partial charge on any atom is 0.433 e. The molecule has 0 aliphatic carbocycles. The van der Waals surface area contributed by atoms with Crippen molar-refractivity contribution in [1.29, 1.82) is 0 Å². The van der Waals surface area contributed by atoms with E-state index >= 15 is 0 Å². The van der Waals surface area contributed by atoms with E-state index in [9.17, 15) is 28.1 Å². The third kappa shape index (κ3) is 5.04. The number of ether oxygens (including phenoxy) is 1. The van der Waals surface area contributed by atoms with Gasteiger partial charge >= 0.3 is 6.18 Å². The first-order valence-electron chi connectivity index (χ1n) is 10.0. The number of non-ortho nitro benzene ring substituents is 1. The van der Waals surface area contributed by atoms with Crippen LogP contribution in [0, 0.1) is 24.0 Å². The Balaban J connectivity index is 1.70. The van der Waals surface area contributed by atoms with Gasteiger partial charge in [-0.3, -0.25) is 14.9 Å².